The van der Waals surface area contributed by atoms with Crippen LogP contribution in [0.1, 0.15) is 33.4 Å². The molecule has 1 N–H and O–H groups in total. The van der Waals surface area contributed by atoms with Crippen molar-refractivity contribution in [2.75, 3.05) is 12.1 Å². The lowest BCUT2D eigenvalue weighted by molar-refractivity contribution is -0.114. The third kappa shape index (κ3) is 3.93. The van der Waals surface area contributed by atoms with Gasteiger partial charge in [-0.3, -0.25) is 4.79 Å². The molecule has 8 nitrogen and oxygen atoms in total. The van der Waals surface area contributed by atoms with E-state index in [-0.39, 0.29) is 11.5 Å². The van der Waals surface area contributed by atoms with Crippen LogP contribution in [0.2, 0.25) is 0 Å². The monoisotopic (exact) mass is 430 g/mol. The minimum Gasteiger partial charge on any atom is -0.478 e. The minimum absolute atomic E-state index is 0.186. The molecule has 1 aliphatic rings. The fourth-order valence-corrected chi connectivity index (χ4v) is 3.22. The molecule has 0 aliphatic carbocycles. The Balaban J connectivity index is 1.55. The maximum absolute atomic E-state index is 12.9. The molecule has 2 heterocycles. The minimum atomic E-state index is -1.000. The van der Waals surface area contributed by atoms with Crippen molar-refractivity contribution in [2.24, 2.45) is 5.10 Å². The van der Waals surface area contributed by atoms with E-state index >= 15 is 0 Å². The van der Waals surface area contributed by atoms with Gasteiger partial charge in [0.05, 0.1) is 35.2 Å². The number of methoxy groups -OCH3 is 1. The molecule has 3 aromatic rings. The summed E-state index contributed by atoms with van der Waals surface area (Å²) in [6.45, 7) is 1.72. The Kier molecular flexibility index (Phi) is 5.43. The van der Waals surface area contributed by atoms with E-state index in [1.54, 1.807) is 61.5 Å². The number of ether oxygens (including phenoxy) is 1. The van der Waals surface area contributed by atoms with Crippen LogP contribution in [0, 0.1) is 0 Å². The highest BCUT2D eigenvalue weighted by atomic mass is 16.5. The first-order valence-electron chi connectivity index (χ1n) is 9.61. The van der Waals surface area contributed by atoms with E-state index < -0.39 is 11.9 Å². The number of rotatable bonds is 5. The molecule has 32 heavy (non-hydrogen) atoms. The maximum atomic E-state index is 12.9. The van der Waals surface area contributed by atoms with Crippen LogP contribution in [-0.4, -0.2) is 35.8 Å². The number of hydrogen-bond donors (Lipinski definition) is 1. The summed E-state index contributed by atoms with van der Waals surface area (Å²) < 4.78 is 10.5. The molecule has 2 aromatic carbocycles. The number of carbonyl (C=O) groups is 3. The molecule has 160 valence electrons. The highest BCUT2D eigenvalue weighted by Crippen LogP contribution is 2.28. The molecule has 0 fully saturated rings. The van der Waals surface area contributed by atoms with E-state index in [2.05, 4.69) is 9.84 Å². The SMILES string of the molecule is COC(=O)c1ccc(N2N=C(C)/C(=C/c3ccc(-c4ccc(C(=O)O)cc4)o3)C2=O)cc1. The molecule has 0 spiro atoms. The predicted molar refractivity (Wildman–Crippen MR) is 117 cm³/mol. The number of hydrogen-bond acceptors (Lipinski definition) is 6. The first kappa shape index (κ1) is 20.8. The average Bonchev–Trinajstić information content (AvgIpc) is 3.39. The zero-order valence-corrected chi connectivity index (χ0v) is 17.2. The molecular formula is C24H18N2O6. The van der Waals surface area contributed by atoms with Gasteiger partial charge in [-0.15, -0.1) is 0 Å². The van der Waals surface area contributed by atoms with Gasteiger partial charge in [-0.2, -0.15) is 10.1 Å². The second-order valence-electron chi connectivity index (χ2n) is 6.98. The number of benzene rings is 2. The van der Waals surface area contributed by atoms with Crippen molar-refractivity contribution >= 4 is 35.3 Å². The number of nitrogens with zero attached hydrogens (tertiary/aromatic N) is 2. The standard InChI is InChI=1S/C24H18N2O6/c1-14-20(22(27)26(25-14)18-9-7-17(8-10-18)24(30)31-2)13-19-11-12-21(32-19)15-3-5-16(6-4-15)23(28)29/h3-13H,1-2H3,(H,28,29)/b20-13-. The first-order chi connectivity index (χ1) is 15.4. The van der Waals surface area contributed by atoms with Crippen LogP contribution in [0.25, 0.3) is 17.4 Å². The average molecular weight is 430 g/mol. The van der Waals surface area contributed by atoms with Crippen molar-refractivity contribution in [1.82, 2.24) is 0 Å². The third-order valence-electron chi connectivity index (χ3n) is 4.93. The van der Waals surface area contributed by atoms with E-state index in [0.717, 1.165) is 5.56 Å². The zero-order chi connectivity index (χ0) is 22.8. The summed E-state index contributed by atoms with van der Waals surface area (Å²) >= 11 is 0. The Morgan fingerprint density at radius 3 is 2.28 bits per heavy atom. The number of furan rings is 1. The van der Waals surface area contributed by atoms with Gasteiger partial charge in [0.25, 0.3) is 5.91 Å². The summed E-state index contributed by atoms with van der Waals surface area (Å²) in [5.74, 6) is -0.777. The van der Waals surface area contributed by atoms with Crippen molar-refractivity contribution < 1.29 is 28.6 Å². The van der Waals surface area contributed by atoms with Crippen LogP contribution >= 0.6 is 0 Å². The number of hydrazone groups is 1. The molecule has 0 saturated heterocycles. The number of carboxylic acid groups (broad SMARTS) is 1. The van der Waals surface area contributed by atoms with Crippen LogP contribution in [0.5, 0.6) is 0 Å². The largest absolute Gasteiger partial charge is 0.478 e. The topological polar surface area (TPSA) is 109 Å². The number of amides is 1. The molecule has 4 rings (SSSR count). The first-order valence-corrected chi connectivity index (χ1v) is 9.61. The fraction of sp³-hybridized carbons (Fsp3) is 0.0833. The van der Waals surface area contributed by atoms with Crippen LogP contribution in [0.15, 0.2) is 75.8 Å². The van der Waals surface area contributed by atoms with Crippen molar-refractivity contribution in [3.8, 4) is 11.3 Å². The molecule has 0 saturated carbocycles. The summed E-state index contributed by atoms with van der Waals surface area (Å²) in [4.78, 5) is 35.5. The van der Waals surface area contributed by atoms with Gasteiger partial charge in [-0.05, 0) is 61.5 Å². The summed E-state index contributed by atoms with van der Waals surface area (Å²) in [6, 6.07) is 16.2. The molecular weight excluding hydrogens is 412 g/mol. The van der Waals surface area contributed by atoms with E-state index in [1.807, 2.05) is 0 Å². The molecule has 0 unspecified atom stereocenters. The molecule has 1 aromatic heterocycles. The van der Waals surface area contributed by atoms with Crippen molar-refractivity contribution in [1.29, 1.82) is 0 Å². The number of anilines is 1. The summed E-state index contributed by atoms with van der Waals surface area (Å²) in [5.41, 5.74) is 2.70. The number of carbonyl (C=O) groups excluding carboxylic acids is 2. The molecule has 1 aliphatic heterocycles. The molecule has 8 heteroatoms. The van der Waals surface area contributed by atoms with Crippen molar-refractivity contribution in [3.63, 3.8) is 0 Å². The number of aromatic carboxylic acids is 1. The van der Waals surface area contributed by atoms with E-state index in [9.17, 15) is 14.4 Å². The van der Waals surface area contributed by atoms with E-state index in [4.69, 9.17) is 9.52 Å². The van der Waals surface area contributed by atoms with Gasteiger partial charge in [-0.25, -0.2) is 9.59 Å². The lowest BCUT2D eigenvalue weighted by Crippen LogP contribution is -2.21. The van der Waals surface area contributed by atoms with Gasteiger partial charge in [0.2, 0.25) is 0 Å². The van der Waals surface area contributed by atoms with Crippen LogP contribution in [-0.2, 0) is 9.53 Å². The van der Waals surface area contributed by atoms with E-state index in [1.165, 1.54) is 24.3 Å². The smallest absolute Gasteiger partial charge is 0.337 e. The molecule has 0 atom stereocenters. The Bertz CT molecular complexity index is 1270. The Morgan fingerprint density at radius 1 is 1.00 bits per heavy atom. The Hall–Kier alpha value is -4.46. The van der Waals surface area contributed by atoms with Gasteiger partial charge in [0.15, 0.2) is 0 Å². The number of esters is 1. The second kappa shape index (κ2) is 8.35. The van der Waals surface area contributed by atoms with Crippen molar-refractivity contribution in [3.05, 3.63) is 83.1 Å². The third-order valence-corrected chi connectivity index (χ3v) is 4.93. The normalized spacial score (nSPS) is 14.6. The lowest BCUT2D eigenvalue weighted by Gasteiger charge is -2.12. The van der Waals surface area contributed by atoms with Gasteiger partial charge in [-0.1, -0.05) is 12.1 Å². The summed E-state index contributed by atoms with van der Waals surface area (Å²) in [7, 11) is 1.30. The zero-order valence-electron chi connectivity index (χ0n) is 17.2. The maximum Gasteiger partial charge on any atom is 0.337 e. The lowest BCUT2D eigenvalue weighted by atomic mass is 10.1. The van der Waals surface area contributed by atoms with Crippen LogP contribution in [0.3, 0.4) is 0 Å². The molecule has 0 bridgehead atoms. The van der Waals surface area contributed by atoms with Gasteiger partial charge in [0.1, 0.15) is 11.5 Å². The summed E-state index contributed by atoms with van der Waals surface area (Å²) in [5, 5.41) is 14.6. The fourth-order valence-electron chi connectivity index (χ4n) is 3.22. The predicted octanol–water partition coefficient (Wildman–Crippen LogP) is 4.24. The molecule has 1 amide bonds. The van der Waals surface area contributed by atoms with Gasteiger partial charge < -0.3 is 14.3 Å². The number of carboxylic acids is 1. The highest BCUT2D eigenvalue weighted by molar-refractivity contribution is 6.32. The van der Waals surface area contributed by atoms with Crippen LogP contribution in [0.4, 0.5) is 5.69 Å². The highest BCUT2D eigenvalue weighted by Gasteiger charge is 2.29. The summed E-state index contributed by atoms with van der Waals surface area (Å²) in [6.07, 6.45) is 1.61. The van der Waals surface area contributed by atoms with Crippen LogP contribution < -0.4 is 5.01 Å². The van der Waals surface area contributed by atoms with Gasteiger partial charge >= 0.3 is 11.9 Å². The van der Waals surface area contributed by atoms with Crippen molar-refractivity contribution in [2.45, 2.75) is 6.92 Å². The molecule has 0 radical (unpaired) electrons. The second-order valence-corrected chi connectivity index (χ2v) is 6.98. The Labute approximate surface area is 183 Å². The quantitative estimate of drug-likeness (QED) is 0.479. The van der Waals surface area contributed by atoms with E-state index in [0.29, 0.717) is 34.1 Å². The Morgan fingerprint density at radius 2 is 1.66 bits per heavy atom. The van der Waals surface area contributed by atoms with Gasteiger partial charge in [0, 0.05) is 5.56 Å².